The molecule has 2 fully saturated rings. The average Bonchev–Trinajstić information content (AvgIpc) is 2.32. The van der Waals surface area contributed by atoms with Crippen molar-refractivity contribution in [2.75, 3.05) is 13.1 Å². The van der Waals surface area contributed by atoms with Crippen molar-refractivity contribution in [1.29, 1.82) is 0 Å². The lowest BCUT2D eigenvalue weighted by Gasteiger charge is -2.42. The topological polar surface area (TPSA) is 23.5 Å². The molecule has 96 valence electrons. The lowest BCUT2D eigenvalue weighted by molar-refractivity contribution is 0.121. The maximum Gasteiger partial charge on any atom is 0.115 e. The van der Waals surface area contributed by atoms with E-state index in [-0.39, 0.29) is 0 Å². The van der Waals surface area contributed by atoms with Crippen LogP contribution in [0.3, 0.4) is 0 Å². The Hall–Kier alpha value is -1.28. The first-order valence-electron chi connectivity index (χ1n) is 7.06. The van der Waals surface area contributed by atoms with E-state index in [1.165, 1.54) is 50.8 Å². The molecule has 1 aliphatic heterocycles. The number of rotatable bonds is 2. The molecule has 1 saturated carbocycles. The van der Waals surface area contributed by atoms with Gasteiger partial charge in [0.15, 0.2) is 0 Å². The minimum Gasteiger partial charge on any atom is -0.508 e. The molecule has 1 aromatic rings. The molecule has 0 bridgehead atoms. The van der Waals surface area contributed by atoms with E-state index >= 15 is 0 Å². The molecule has 1 N–H and O–H groups in total. The van der Waals surface area contributed by atoms with Gasteiger partial charge in [-0.05, 0) is 56.5 Å². The Morgan fingerprint density at radius 3 is 2.50 bits per heavy atom. The van der Waals surface area contributed by atoms with Gasteiger partial charge in [-0.1, -0.05) is 30.2 Å². The highest BCUT2D eigenvalue weighted by Crippen LogP contribution is 2.32. The van der Waals surface area contributed by atoms with E-state index < -0.39 is 0 Å². The highest BCUT2D eigenvalue weighted by atomic mass is 16.3. The van der Waals surface area contributed by atoms with Crippen molar-refractivity contribution in [3.8, 4) is 5.75 Å². The molecule has 0 radical (unpaired) electrons. The molecule has 2 heteroatoms. The van der Waals surface area contributed by atoms with E-state index in [4.69, 9.17) is 0 Å². The summed E-state index contributed by atoms with van der Waals surface area (Å²) in [6.45, 7) is 2.55. The van der Waals surface area contributed by atoms with E-state index in [2.05, 4.69) is 11.0 Å². The van der Waals surface area contributed by atoms with Crippen LogP contribution in [0.15, 0.2) is 29.8 Å². The first-order valence-corrected chi connectivity index (χ1v) is 7.06. The maximum absolute atomic E-state index is 9.32. The molecule has 1 unspecified atom stereocenters. The van der Waals surface area contributed by atoms with Gasteiger partial charge in [0.2, 0.25) is 0 Å². The second-order valence-corrected chi connectivity index (χ2v) is 5.46. The van der Waals surface area contributed by atoms with E-state index in [1.54, 1.807) is 17.7 Å². The second-order valence-electron chi connectivity index (χ2n) is 5.46. The molecule has 3 rings (SSSR count). The fourth-order valence-electron chi connectivity index (χ4n) is 3.04. The normalized spacial score (nSPS) is 27.1. The average molecular weight is 243 g/mol. The quantitative estimate of drug-likeness (QED) is 0.860. The molecule has 0 aromatic heterocycles. The van der Waals surface area contributed by atoms with Crippen LogP contribution in [0, 0.1) is 0 Å². The van der Waals surface area contributed by atoms with Crippen LogP contribution in [0.5, 0.6) is 5.75 Å². The van der Waals surface area contributed by atoms with Crippen molar-refractivity contribution in [3.05, 3.63) is 35.4 Å². The highest BCUT2D eigenvalue weighted by Gasteiger charge is 2.28. The summed E-state index contributed by atoms with van der Waals surface area (Å²) in [5.41, 5.74) is 2.81. The van der Waals surface area contributed by atoms with Crippen molar-refractivity contribution in [2.45, 2.75) is 38.1 Å². The van der Waals surface area contributed by atoms with Crippen molar-refractivity contribution < 1.29 is 5.11 Å². The third-order valence-electron chi connectivity index (χ3n) is 4.20. The number of hydrogen-bond donors (Lipinski definition) is 1. The maximum atomic E-state index is 9.32. The molecule has 1 heterocycles. The van der Waals surface area contributed by atoms with E-state index in [9.17, 15) is 5.11 Å². The molecule has 0 amide bonds. The summed E-state index contributed by atoms with van der Waals surface area (Å²) >= 11 is 0. The molecule has 0 spiro atoms. The molecule has 18 heavy (non-hydrogen) atoms. The van der Waals surface area contributed by atoms with Gasteiger partial charge in [-0.15, -0.1) is 0 Å². The Kier molecular flexibility index (Phi) is 3.37. The summed E-state index contributed by atoms with van der Waals surface area (Å²) in [6.07, 6.45) is 8.96. The van der Waals surface area contributed by atoms with Crippen LogP contribution < -0.4 is 0 Å². The predicted molar refractivity (Wildman–Crippen MR) is 74.5 cm³/mol. The lowest BCUT2D eigenvalue weighted by Crippen LogP contribution is -2.46. The minimum atomic E-state index is 0.347. The molecule has 2 aliphatic rings. The number of aromatic hydroxyl groups is 1. The summed E-state index contributed by atoms with van der Waals surface area (Å²) in [7, 11) is 0. The number of phenolic OH excluding ortho intramolecular Hbond substituents is 1. The van der Waals surface area contributed by atoms with Crippen LogP contribution in [-0.2, 0) is 0 Å². The zero-order valence-corrected chi connectivity index (χ0v) is 10.8. The minimum absolute atomic E-state index is 0.347. The van der Waals surface area contributed by atoms with E-state index in [0.717, 1.165) is 0 Å². The van der Waals surface area contributed by atoms with Crippen LogP contribution in [0.4, 0.5) is 0 Å². The lowest BCUT2D eigenvalue weighted by atomic mass is 9.86. The summed E-state index contributed by atoms with van der Waals surface area (Å²) in [4.78, 5) is 2.62. The Labute approximate surface area is 109 Å². The number of phenols is 1. The van der Waals surface area contributed by atoms with Gasteiger partial charge in [0.05, 0.1) is 0 Å². The smallest absolute Gasteiger partial charge is 0.115 e. The van der Waals surface area contributed by atoms with Gasteiger partial charge in [-0.3, -0.25) is 4.90 Å². The summed E-state index contributed by atoms with van der Waals surface area (Å²) in [5, 5.41) is 9.32. The molecular formula is C16H21NO. The zero-order chi connectivity index (χ0) is 12.4. The van der Waals surface area contributed by atoms with Crippen molar-refractivity contribution in [1.82, 2.24) is 4.90 Å². The van der Waals surface area contributed by atoms with Crippen molar-refractivity contribution in [2.24, 2.45) is 0 Å². The van der Waals surface area contributed by atoms with Gasteiger partial charge < -0.3 is 5.11 Å². The number of benzene rings is 1. The standard InChI is InChI=1S/C16H21NO/c18-15-8-6-13(7-9-15)12-14-4-1-2-5-16(14)17-10-3-11-17/h6-9,12,16,18H,1-5,10-11H2/b14-12-. The predicted octanol–water partition coefficient (Wildman–Crippen LogP) is 3.42. The zero-order valence-electron chi connectivity index (χ0n) is 10.8. The summed E-state index contributed by atoms with van der Waals surface area (Å²) in [6, 6.07) is 8.23. The highest BCUT2D eigenvalue weighted by molar-refractivity contribution is 5.55. The van der Waals surface area contributed by atoms with Crippen LogP contribution in [0.25, 0.3) is 6.08 Å². The van der Waals surface area contributed by atoms with Gasteiger partial charge in [0, 0.05) is 6.04 Å². The third-order valence-corrected chi connectivity index (χ3v) is 4.20. The Morgan fingerprint density at radius 2 is 1.83 bits per heavy atom. The van der Waals surface area contributed by atoms with Crippen LogP contribution >= 0.6 is 0 Å². The first-order chi connectivity index (χ1) is 8.83. The van der Waals surface area contributed by atoms with E-state index in [1.807, 2.05) is 12.1 Å². The Balaban J connectivity index is 1.80. The van der Waals surface area contributed by atoms with Crippen LogP contribution in [0.2, 0.25) is 0 Å². The molecule has 1 saturated heterocycles. The Morgan fingerprint density at radius 1 is 1.06 bits per heavy atom. The number of hydrogen-bond acceptors (Lipinski definition) is 2. The van der Waals surface area contributed by atoms with Crippen molar-refractivity contribution in [3.63, 3.8) is 0 Å². The van der Waals surface area contributed by atoms with Crippen LogP contribution in [-0.4, -0.2) is 29.1 Å². The van der Waals surface area contributed by atoms with Crippen LogP contribution in [0.1, 0.15) is 37.7 Å². The molecule has 1 atom stereocenters. The largest absolute Gasteiger partial charge is 0.508 e. The number of likely N-dealkylation sites (tertiary alicyclic amines) is 1. The monoisotopic (exact) mass is 243 g/mol. The SMILES string of the molecule is Oc1ccc(/C=C2/CCCCC2N2CCC2)cc1. The fraction of sp³-hybridized carbons (Fsp3) is 0.500. The first kappa shape index (κ1) is 11.8. The van der Waals surface area contributed by atoms with Gasteiger partial charge in [0.1, 0.15) is 5.75 Å². The third kappa shape index (κ3) is 2.44. The molecular weight excluding hydrogens is 222 g/mol. The fourth-order valence-corrected chi connectivity index (χ4v) is 3.04. The molecule has 1 aliphatic carbocycles. The van der Waals surface area contributed by atoms with Gasteiger partial charge >= 0.3 is 0 Å². The van der Waals surface area contributed by atoms with E-state index in [0.29, 0.717) is 11.8 Å². The molecule has 1 aromatic carbocycles. The van der Waals surface area contributed by atoms with Crippen molar-refractivity contribution >= 4 is 6.08 Å². The summed E-state index contributed by atoms with van der Waals surface area (Å²) in [5.74, 6) is 0.347. The number of nitrogens with zero attached hydrogens (tertiary/aromatic N) is 1. The second kappa shape index (κ2) is 5.15. The Bertz CT molecular complexity index is 431. The summed E-state index contributed by atoms with van der Waals surface area (Å²) < 4.78 is 0. The van der Waals surface area contributed by atoms with Gasteiger partial charge in [-0.2, -0.15) is 0 Å². The van der Waals surface area contributed by atoms with Gasteiger partial charge in [0.25, 0.3) is 0 Å². The molecule has 2 nitrogen and oxygen atoms in total. The van der Waals surface area contributed by atoms with Gasteiger partial charge in [-0.25, -0.2) is 0 Å².